The Morgan fingerprint density at radius 1 is 1.06 bits per heavy atom. The summed E-state index contributed by atoms with van der Waals surface area (Å²) in [7, 11) is -5.52. The van der Waals surface area contributed by atoms with Crippen LogP contribution in [0.3, 0.4) is 0 Å². The Morgan fingerprint density at radius 3 is 2.23 bits per heavy atom. The molecule has 12 heteroatoms. The third kappa shape index (κ3) is 6.11. The van der Waals surface area contributed by atoms with E-state index in [9.17, 15) is 31.2 Å². The molecule has 6 nitrogen and oxygen atoms in total. The molecule has 0 radical (unpaired) electrons. The van der Waals surface area contributed by atoms with E-state index in [1.165, 1.54) is 23.1 Å². The number of sulfone groups is 1. The summed E-state index contributed by atoms with van der Waals surface area (Å²) >= 11 is 11.9. The molecule has 0 bridgehead atoms. The van der Waals surface area contributed by atoms with Gasteiger partial charge in [0.15, 0.2) is 0 Å². The van der Waals surface area contributed by atoms with Gasteiger partial charge in [-0.1, -0.05) is 30.1 Å². The van der Waals surface area contributed by atoms with E-state index < -0.39 is 32.1 Å². The van der Waals surface area contributed by atoms with Gasteiger partial charge in [0.2, 0.25) is 5.91 Å². The number of carbonyl (C=O) groups excluding carboxylic acids is 2. The fraction of sp³-hybridized carbons (Fsp3) is 0.263. The quantitative estimate of drug-likeness (QED) is 0.597. The molecule has 0 unspecified atom stereocenters. The van der Waals surface area contributed by atoms with Crippen LogP contribution in [0.1, 0.15) is 23.7 Å². The Balaban J connectivity index is 2.18. The molecule has 1 N–H and O–H groups in total. The highest BCUT2D eigenvalue weighted by molar-refractivity contribution is 7.92. The lowest BCUT2D eigenvalue weighted by molar-refractivity contribution is -0.116. The number of rotatable bonds is 7. The number of nitrogens with zero attached hydrogens (tertiary/aromatic N) is 1. The van der Waals surface area contributed by atoms with Crippen LogP contribution in [0.15, 0.2) is 47.4 Å². The minimum atomic E-state index is -5.52. The Bertz CT molecular complexity index is 1070. The van der Waals surface area contributed by atoms with Crippen LogP contribution in [0, 0.1) is 0 Å². The summed E-state index contributed by atoms with van der Waals surface area (Å²) in [5, 5.41) is 3.12. The first-order valence-corrected chi connectivity index (χ1v) is 11.1. The molecule has 0 aliphatic carbocycles. The van der Waals surface area contributed by atoms with Gasteiger partial charge in [0, 0.05) is 17.1 Å². The zero-order chi connectivity index (χ0) is 23.4. The second-order valence-electron chi connectivity index (χ2n) is 6.37. The van der Waals surface area contributed by atoms with Crippen LogP contribution in [0.5, 0.6) is 0 Å². The lowest BCUT2D eigenvalue weighted by atomic mass is 10.2. The van der Waals surface area contributed by atoms with Gasteiger partial charge in [-0.3, -0.25) is 9.59 Å². The number of anilines is 1. The van der Waals surface area contributed by atoms with Crippen molar-refractivity contribution in [2.75, 3.05) is 18.4 Å². The second kappa shape index (κ2) is 9.88. The van der Waals surface area contributed by atoms with Gasteiger partial charge in [0.1, 0.15) is 6.54 Å². The van der Waals surface area contributed by atoms with E-state index in [1.54, 1.807) is 6.92 Å². The molecular weight excluding hydrogens is 480 g/mol. The normalized spacial score (nSPS) is 11.8. The van der Waals surface area contributed by atoms with Crippen molar-refractivity contribution in [3.8, 4) is 0 Å². The van der Waals surface area contributed by atoms with Crippen molar-refractivity contribution in [3.05, 3.63) is 58.1 Å². The number of amides is 2. The maximum Gasteiger partial charge on any atom is 0.501 e. The van der Waals surface area contributed by atoms with E-state index in [0.29, 0.717) is 23.6 Å². The summed E-state index contributed by atoms with van der Waals surface area (Å²) in [6.45, 7) is 1.58. The van der Waals surface area contributed by atoms with Crippen molar-refractivity contribution in [3.63, 3.8) is 0 Å². The van der Waals surface area contributed by atoms with Gasteiger partial charge in [0.05, 0.1) is 15.6 Å². The smallest absolute Gasteiger partial charge is 0.329 e. The van der Waals surface area contributed by atoms with Crippen LogP contribution >= 0.6 is 23.2 Å². The molecule has 0 atom stereocenters. The summed E-state index contributed by atoms with van der Waals surface area (Å²) in [6, 6.07) is 7.80. The lowest BCUT2D eigenvalue weighted by Crippen LogP contribution is -2.38. The molecule has 168 valence electrons. The number of halogens is 5. The number of alkyl halides is 3. The average Bonchev–Trinajstić information content (AvgIpc) is 2.69. The van der Waals surface area contributed by atoms with Gasteiger partial charge in [-0.2, -0.15) is 13.2 Å². The highest BCUT2D eigenvalue weighted by Crippen LogP contribution is 2.30. The van der Waals surface area contributed by atoms with Crippen molar-refractivity contribution in [1.29, 1.82) is 0 Å². The Kier molecular flexibility index (Phi) is 7.96. The molecule has 0 aromatic heterocycles. The molecule has 0 saturated carbocycles. The summed E-state index contributed by atoms with van der Waals surface area (Å²) in [5.41, 5.74) is -5.26. The maximum absolute atomic E-state index is 12.7. The van der Waals surface area contributed by atoms with Gasteiger partial charge in [0.25, 0.3) is 15.7 Å². The summed E-state index contributed by atoms with van der Waals surface area (Å²) < 4.78 is 60.9. The van der Waals surface area contributed by atoms with Crippen LogP contribution in [0.4, 0.5) is 18.9 Å². The summed E-state index contributed by atoms with van der Waals surface area (Å²) in [4.78, 5) is 25.3. The topological polar surface area (TPSA) is 83.6 Å². The Hall–Kier alpha value is -2.30. The molecule has 0 saturated heterocycles. The van der Waals surface area contributed by atoms with E-state index in [0.717, 1.165) is 12.1 Å². The highest BCUT2D eigenvalue weighted by Gasteiger charge is 2.46. The maximum atomic E-state index is 12.7. The fourth-order valence-corrected chi connectivity index (χ4v) is 3.67. The minimum absolute atomic E-state index is 0.0665. The van der Waals surface area contributed by atoms with Crippen LogP contribution in [0.25, 0.3) is 0 Å². The first-order chi connectivity index (χ1) is 14.4. The largest absolute Gasteiger partial charge is 0.501 e. The van der Waals surface area contributed by atoms with Crippen molar-refractivity contribution >= 4 is 50.5 Å². The molecule has 0 aliphatic rings. The molecule has 2 aromatic rings. The molecule has 0 aliphatic heterocycles. The molecule has 0 fully saturated rings. The van der Waals surface area contributed by atoms with Crippen LogP contribution in [-0.4, -0.2) is 43.7 Å². The summed E-state index contributed by atoms with van der Waals surface area (Å²) in [5.74, 6) is -1.22. The van der Waals surface area contributed by atoms with Crippen molar-refractivity contribution in [2.24, 2.45) is 0 Å². The van der Waals surface area contributed by atoms with E-state index >= 15 is 0 Å². The number of hydrogen-bond acceptors (Lipinski definition) is 4. The molecule has 2 rings (SSSR count). The zero-order valence-corrected chi connectivity index (χ0v) is 18.4. The van der Waals surface area contributed by atoms with Gasteiger partial charge < -0.3 is 10.2 Å². The third-order valence-electron chi connectivity index (χ3n) is 4.03. The van der Waals surface area contributed by atoms with Crippen molar-refractivity contribution in [1.82, 2.24) is 4.90 Å². The van der Waals surface area contributed by atoms with E-state index in [2.05, 4.69) is 5.32 Å². The predicted molar refractivity (Wildman–Crippen MR) is 111 cm³/mol. The van der Waals surface area contributed by atoms with E-state index in [4.69, 9.17) is 23.2 Å². The highest BCUT2D eigenvalue weighted by atomic mass is 35.5. The van der Waals surface area contributed by atoms with Crippen molar-refractivity contribution in [2.45, 2.75) is 23.7 Å². The SMILES string of the molecule is CCCN(CC(=O)Nc1cc(Cl)ccc1Cl)C(=O)c1ccc(S(=O)(=O)C(F)(F)F)cc1. The van der Waals surface area contributed by atoms with Gasteiger partial charge in [-0.25, -0.2) is 8.42 Å². The molecule has 2 amide bonds. The third-order valence-corrected chi connectivity index (χ3v) is 6.10. The predicted octanol–water partition coefficient (Wildman–Crippen LogP) is 4.78. The van der Waals surface area contributed by atoms with Gasteiger partial charge >= 0.3 is 5.51 Å². The molecule has 0 spiro atoms. The standard InChI is InChI=1S/C19H17Cl2F3N2O4S/c1-2-9-26(11-17(27)25-16-10-13(20)5-8-15(16)21)18(28)12-3-6-14(7-4-12)31(29,30)19(22,23)24/h3-8,10H,2,9,11H2,1H3,(H,25,27). The first kappa shape index (κ1) is 25.0. The monoisotopic (exact) mass is 496 g/mol. The van der Waals surface area contributed by atoms with Crippen LogP contribution in [0.2, 0.25) is 10.0 Å². The van der Waals surface area contributed by atoms with Crippen LogP contribution < -0.4 is 5.32 Å². The molecule has 31 heavy (non-hydrogen) atoms. The number of carbonyl (C=O) groups is 2. The van der Waals surface area contributed by atoms with Gasteiger partial charge in [-0.15, -0.1) is 0 Å². The van der Waals surface area contributed by atoms with Crippen molar-refractivity contribution < 1.29 is 31.2 Å². The number of benzene rings is 2. The minimum Gasteiger partial charge on any atom is -0.329 e. The Labute approximate surface area is 186 Å². The van der Waals surface area contributed by atoms with Crippen LogP contribution in [-0.2, 0) is 14.6 Å². The van der Waals surface area contributed by atoms with Gasteiger partial charge in [-0.05, 0) is 48.9 Å². The number of hydrogen-bond donors (Lipinski definition) is 1. The first-order valence-electron chi connectivity index (χ1n) is 8.82. The fourth-order valence-electron chi connectivity index (χ4n) is 2.57. The number of nitrogens with one attached hydrogen (secondary N) is 1. The molecular formula is C19H17Cl2F3N2O4S. The second-order valence-corrected chi connectivity index (χ2v) is 9.16. The molecule has 0 heterocycles. The average molecular weight is 497 g/mol. The lowest BCUT2D eigenvalue weighted by Gasteiger charge is -2.22. The Morgan fingerprint density at radius 2 is 1.68 bits per heavy atom. The summed E-state index contributed by atoms with van der Waals surface area (Å²) in [6.07, 6.45) is 0.497. The van der Waals surface area contributed by atoms with E-state index in [-0.39, 0.29) is 29.4 Å². The zero-order valence-electron chi connectivity index (χ0n) is 16.0. The molecule has 2 aromatic carbocycles. The van der Waals surface area contributed by atoms with E-state index in [1.807, 2.05) is 0 Å².